The van der Waals surface area contributed by atoms with Gasteiger partial charge < -0.3 is 10.2 Å². The van der Waals surface area contributed by atoms with Gasteiger partial charge in [-0.25, -0.2) is 0 Å². The minimum Gasteiger partial charge on any atom is -0.339 e. The van der Waals surface area contributed by atoms with E-state index in [0.717, 1.165) is 25.9 Å². The van der Waals surface area contributed by atoms with Crippen molar-refractivity contribution >= 4 is 23.3 Å². The van der Waals surface area contributed by atoms with E-state index in [1.54, 1.807) is 36.1 Å². The predicted molar refractivity (Wildman–Crippen MR) is 84.6 cm³/mol. The molecular formula is C17H20N2O3. The summed E-state index contributed by atoms with van der Waals surface area (Å²) >= 11 is 0. The molecule has 0 radical (unpaired) electrons. The van der Waals surface area contributed by atoms with Crippen LogP contribution in [-0.2, 0) is 9.59 Å². The molecule has 0 aromatic heterocycles. The minimum absolute atomic E-state index is 0.0233. The molecule has 5 heteroatoms. The Hall–Kier alpha value is -2.43. The number of hydrogen-bond donors (Lipinski definition) is 1. The summed E-state index contributed by atoms with van der Waals surface area (Å²) in [7, 11) is 0. The largest absolute Gasteiger partial charge is 0.339 e. The SMILES string of the molecule is CC(=O)c1ccc(NC(=O)/C=C(/C)C(=O)N2CCCC2)cc1. The van der Waals surface area contributed by atoms with E-state index in [1.807, 2.05) is 0 Å². The van der Waals surface area contributed by atoms with Gasteiger partial charge >= 0.3 is 0 Å². The van der Waals surface area contributed by atoms with Gasteiger partial charge in [0.2, 0.25) is 11.8 Å². The molecule has 0 spiro atoms. The summed E-state index contributed by atoms with van der Waals surface area (Å²) in [6.07, 6.45) is 3.36. The van der Waals surface area contributed by atoms with Crippen molar-refractivity contribution in [2.24, 2.45) is 0 Å². The quantitative estimate of drug-likeness (QED) is 0.686. The molecule has 0 aliphatic carbocycles. The third-order valence-corrected chi connectivity index (χ3v) is 3.64. The van der Waals surface area contributed by atoms with Crippen LogP contribution in [0.4, 0.5) is 5.69 Å². The fourth-order valence-electron chi connectivity index (χ4n) is 2.39. The second-order valence-corrected chi connectivity index (χ2v) is 5.45. The van der Waals surface area contributed by atoms with Gasteiger partial charge in [-0.1, -0.05) is 0 Å². The van der Waals surface area contributed by atoms with Gasteiger partial charge in [-0.15, -0.1) is 0 Å². The fraction of sp³-hybridized carbons (Fsp3) is 0.353. The van der Waals surface area contributed by atoms with Crippen molar-refractivity contribution < 1.29 is 14.4 Å². The summed E-state index contributed by atoms with van der Waals surface area (Å²) in [6.45, 7) is 4.67. The van der Waals surface area contributed by atoms with E-state index in [-0.39, 0.29) is 17.6 Å². The van der Waals surface area contributed by atoms with Crippen molar-refractivity contribution in [1.29, 1.82) is 0 Å². The van der Waals surface area contributed by atoms with Gasteiger partial charge in [-0.3, -0.25) is 14.4 Å². The molecule has 1 fully saturated rings. The zero-order chi connectivity index (χ0) is 16.1. The van der Waals surface area contributed by atoms with E-state index >= 15 is 0 Å². The number of Topliss-reactive ketones (excluding diaryl/α,β-unsaturated/α-hetero) is 1. The lowest BCUT2D eigenvalue weighted by Crippen LogP contribution is -2.28. The highest BCUT2D eigenvalue weighted by molar-refractivity contribution is 6.06. The molecule has 1 saturated heterocycles. The molecule has 0 saturated carbocycles. The summed E-state index contributed by atoms with van der Waals surface area (Å²) in [4.78, 5) is 37.0. The Kier molecular flexibility index (Phi) is 5.09. The first-order valence-electron chi connectivity index (χ1n) is 7.37. The Morgan fingerprint density at radius 1 is 1.05 bits per heavy atom. The van der Waals surface area contributed by atoms with E-state index in [1.165, 1.54) is 13.0 Å². The first-order valence-corrected chi connectivity index (χ1v) is 7.37. The number of carbonyl (C=O) groups excluding carboxylic acids is 3. The molecule has 1 heterocycles. The van der Waals surface area contributed by atoms with E-state index in [4.69, 9.17) is 0 Å². The smallest absolute Gasteiger partial charge is 0.249 e. The van der Waals surface area contributed by atoms with Gasteiger partial charge in [0.1, 0.15) is 0 Å². The van der Waals surface area contributed by atoms with Gasteiger partial charge in [0.15, 0.2) is 5.78 Å². The van der Waals surface area contributed by atoms with Crippen molar-refractivity contribution in [3.8, 4) is 0 Å². The molecule has 116 valence electrons. The van der Waals surface area contributed by atoms with E-state index in [9.17, 15) is 14.4 Å². The minimum atomic E-state index is -0.347. The van der Waals surface area contributed by atoms with Crippen LogP contribution in [0, 0.1) is 0 Å². The maximum atomic E-state index is 12.1. The van der Waals surface area contributed by atoms with Gasteiger partial charge in [-0.2, -0.15) is 0 Å². The fourth-order valence-corrected chi connectivity index (χ4v) is 2.39. The first kappa shape index (κ1) is 15.9. The molecule has 1 aliphatic rings. The lowest BCUT2D eigenvalue weighted by atomic mass is 10.1. The Morgan fingerprint density at radius 2 is 1.64 bits per heavy atom. The number of nitrogens with zero attached hydrogens (tertiary/aromatic N) is 1. The number of nitrogens with one attached hydrogen (secondary N) is 1. The topological polar surface area (TPSA) is 66.5 Å². The number of carbonyl (C=O) groups is 3. The van der Waals surface area contributed by atoms with Crippen molar-refractivity contribution in [2.45, 2.75) is 26.7 Å². The third kappa shape index (κ3) is 4.04. The summed E-state index contributed by atoms with van der Waals surface area (Å²) in [5.41, 5.74) is 1.61. The van der Waals surface area contributed by atoms with Gasteiger partial charge in [0.25, 0.3) is 0 Å². The van der Waals surface area contributed by atoms with Gasteiger partial charge in [0, 0.05) is 36.0 Å². The molecule has 2 amide bonds. The highest BCUT2D eigenvalue weighted by Gasteiger charge is 2.19. The maximum Gasteiger partial charge on any atom is 0.249 e. The average molecular weight is 300 g/mol. The molecule has 1 aliphatic heterocycles. The standard InChI is InChI=1S/C17H20N2O3/c1-12(17(22)19-9-3-4-10-19)11-16(21)18-15-7-5-14(6-8-15)13(2)20/h5-8,11H,3-4,9-10H2,1-2H3,(H,18,21)/b12-11-. The van der Waals surface area contributed by atoms with Crippen molar-refractivity contribution in [3.63, 3.8) is 0 Å². The normalized spacial score (nSPS) is 14.8. The number of amides is 2. The molecule has 22 heavy (non-hydrogen) atoms. The van der Waals surface area contributed by atoms with Crippen LogP contribution in [0.2, 0.25) is 0 Å². The van der Waals surface area contributed by atoms with Gasteiger partial charge in [-0.05, 0) is 51.0 Å². The maximum absolute atomic E-state index is 12.1. The Morgan fingerprint density at radius 3 is 2.18 bits per heavy atom. The van der Waals surface area contributed by atoms with Crippen LogP contribution in [0.1, 0.15) is 37.0 Å². The van der Waals surface area contributed by atoms with Crippen LogP contribution in [0.5, 0.6) is 0 Å². The lowest BCUT2D eigenvalue weighted by Gasteiger charge is -2.15. The van der Waals surface area contributed by atoms with E-state index in [2.05, 4.69) is 5.32 Å². The molecule has 0 unspecified atom stereocenters. The molecule has 1 aromatic carbocycles. The Bertz CT molecular complexity index is 611. The van der Waals surface area contributed by atoms with Crippen molar-refractivity contribution in [1.82, 2.24) is 4.90 Å². The van der Waals surface area contributed by atoms with Gasteiger partial charge in [0.05, 0.1) is 0 Å². The number of hydrogen-bond acceptors (Lipinski definition) is 3. The zero-order valence-corrected chi connectivity index (χ0v) is 12.9. The van der Waals surface area contributed by atoms with Crippen LogP contribution in [-0.4, -0.2) is 35.6 Å². The second-order valence-electron chi connectivity index (χ2n) is 5.45. The monoisotopic (exact) mass is 300 g/mol. The van der Waals surface area contributed by atoms with Crippen LogP contribution >= 0.6 is 0 Å². The molecule has 0 atom stereocenters. The van der Waals surface area contributed by atoms with E-state index in [0.29, 0.717) is 16.8 Å². The van der Waals surface area contributed by atoms with Crippen molar-refractivity contribution in [3.05, 3.63) is 41.5 Å². The van der Waals surface area contributed by atoms with Crippen LogP contribution < -0.4 is 5.32 Å². The number of benzene rings is 1. The molecular weight excluding hydrogens is 280 g/mol. The first-order chi connectivity index (χ1) is 10.5. The predicted octanol–water partition coefficient (Wildman–Crippen LogP) is 2.40. The Labute approximate surface area is 130 Å². The number of likely N-dealkylation sites (tertiary alicyclic amines) is 1. The summed E-state index contributed by atoms with van der Waals surface area (Å²) in [5.74, 6) is -0.454. The molecule has 0 bridgehead atoms. The number of ketones is 1. The second kappa shape index (κ2) is 7.02. The van der Waals surface area contributed by atoms with Crippen LogP contribution in [0.3, 0.4) is 0 Å². The molecule has 2 rings (SSSR count). The molecule has 1 N–H and O–H groups in total. The molecule has 5 nitrogen and oxygen atoms in total. The lowest BCUT2D eigenvalue weighted by molar-refractivity contribution is -0.126. The summed E-state index contributed by atoms with van der Waals surface area (Å²) in [6, 6.07) is 6.65. The summed E-state index contributed by atoms with van der Waals surface area (Å²) < 4.78 is 0. The highest BCUT2D eigenvalue weighted by Crippen LogP contribution is 2.13. The van der Waals surface area contributed by atoms with Crippen LogP contribution in [0.25, 0.3) is 0 Å². The zero-order valence-electron chi connectivity index (χ0n) is 12.9. The van der Waals surface area contributed by atoms with E-state index < -0.39 is 0 Å². The molecule has 1 aromatic rings. The highest BCUT2D eigenvalue weighted by atomic mass is 16.2. The average Bonchev–Trinajstić information content (AvgIpc) is 3.00. The van der Waals surface area contributed by atoms with Crippen molar-refractivity contribution in [2.75, 3.05) is 18.4 Å². The summed E-state index contributed by atoms with van der Waals surface area (Å²) in [5, 5.41) is 2.69. The number of anilines is 1. The number of rotatable bonds is 4. The Balaban J connectivity index is 1.97. The third-order valence-electron chi connectivity index (χ3n) is 3.64. The van der Waals surface area contributed by atoms with Crippen LogP contribution in [0.15, 0.2) is 35.9 Å².